The van der Waals surface area contributed by atoms with Gasteiger partial charge in [0.15, 0.2) is 5.78 Å². The first kappa shape index (κ1) is 15.3. The second-order valence-corrected chi connectivity index (χ2v) is 5.19. The minimum atomic E-state index is 0.155. The van der Waals surface area contributed by atoms with E-state index < -0.39 is 0 Å². The third-order valence-electron chi connectivity index (χ3n) is 2.62. The highest BCUT2D eigenvalue weighted by molar-refractivity contribution is 6.34. The molecule has 1 aromatic rings. The zero-order valence-corrected chi connectivity index (χ0v) is 12.1. The lowest BCUT2D eigenvalue weighted by molar-refractivity contribution is -0.114. The number of carbonyl (C=O) groups is 1. The molecule has 3 heteroatoms. The van der Waals surface area contributed by atoms with Gasteiger partial charge in [-0.3, -0.25) is 4.79 Å². The van der Waals surface area contributed by atoms with Gasteiger partial charge in [-0.25, -0.2) is 0 Å². The maximum Gasteiger partial charge on any atom is 0.155 e. The van der Waals surface area contributed by atoms with Gasteiger partial charge in [0.05, 0.1) is 0 Å². The van der Waals surface area contributed by atoms with E-state index in [2.05, 4.69) is 6.92 Å². The van der Waals surface area contributed by atoms with Crippen LogP contribution in [0, 0.1) is 0 Å². The Balaban J connectivity index is 2.45. The summed E-state index contributed by atoms with van der Waals surface area (Å²) in [6.45, 7) is 2.16. The fourth-order valence-corrected chi connectivity index (χ4v) is 2.21. The van der Waals surface area contributed by atoms with Gasteiger partial charge in [0.1, 0.15) is 0 Å². The number of carbonyl (C=O) groups excluding carboxylic acids is 1. The normalized spacial score (nSPS) is 11.1. The van der Waals surface area contributed by atoms with Crippen LogP contribution in [0.4, 0.5) is 0 Å². The molecular weight excluding hydrogens is 267 g/mol. The van der Waals surface area contributed by atoms with E-state index in [0.717, 1.165) is 18.4 Å². The number of hydrogen-bond acceptors (Lipinski definition) is 1. The molecule has 0 N–H and O–H groups in total. The van der Waals surface area contributed by atoms with Crippen molar-refractivity contribution in [3.8, 4) is 0 Å². The summed E-state index contributed by atoms with van der Waals surface area (Å²) in [6.07, 6.45) is 8.46. The third kappa shape index (κ3) is 6.23. The highest BCUT2D eigenvalue weighted by Gasteiger charge is 1.98. The van der Waals surface area contributed by atoms with Crippen LogP contribution < -0.4 is 0 Å². The van der Waals surface area contributed by atoms with E-state index >= 15 is 0 Å². The van der Waals surface area contributed by atoms with E-state index in [0.29, 0.717) is 16.5 Å². The lowest BCUT2D eigenvalue weighted by Gasteiger charge is -1.98. The number of halogens is 2. The van der Waals surface area contributed by atoms with Crippen LogP contribution in [0.1, 0.15) is 44.6 Å². The first-order chi connectivity index (χ1) is 8.61. The summed E-state index contributed by atoms with van der Waals surface area (Å²) < 4.78 is 0. The molecule has 0 amide bonds. The molecule has 0 radical (unpaired) electrons. The van der Waals surface area contributed by atoms with Gasteiger partial charge < -0.3 is 0 Å². The summed E-state index contributed by atoms with van der Waals surface area (Å²) in [5.74, 6) is 0.155. The van der Waals surface area contributed by atoms with Gasteiger partial charge in [-0.05, 0) is 36.3 Å². The number of allylic oxidation sites excluding steroid dienone is 1. The van der Waals surface area contributed by atoms with Crippen LogP contribution >= 0.6 is 23.2 Å². The van der Waals surface area contributed by atoms with Gasteiger partial charge in [0.25, 0.3) is 0 Å². The molecule has 18 heavy (non-hydrogen) atoms. The SMILES string of the molecule is CCCCCCC(=O)/C=C\c1cc(Cl)cc(Cl)c1. The highest BCUT2D eigenvalue weighted by atomic mass is 35.5. The lowest BCUT2D eigenvalue weighted by atomic mass is 10.1. The average molecular weight is 285 g/mol. The van der Waals surface area contributed by atoms with Crippen molar-refractivity contribution in [2.45, 2.75) is 39.0 Å². The van der Waals surface area contributed by atoms with Gasteiger partial charge >= 0.3 is 0 Å². The summed E-state index contributed by atoms with van der Waals surface area (Å²) in [4.78, 5) is 11.6. The van der Waals surface area contributed by atoms with Gasteiger partial charge in [0, 0.05) is 16.5 Å². The van der Waals surface area contributed by atoms with Gasteiger partial charge in [0.2, 0.25) is 0 Å². The molecule has 0 aliphatic rings. The molecule has 0 aliphatic heterocycles. The Morgan fingerprint density at radius 3 is 2.39 bits per heavy atom. The van der Waals surface area contributed by atoms with Gasteiger partial charge in [-0.2, -0.15) is 0 Å². The van der Waals surface area contributed by atoms with Crippen molar-refractivity contribution in [2.75, 3.05) is 0 Å². The summed E-state index contributed by atoms with van der Waals surface area (Å²) >= 11 is 11.8. The van der Waals surface area contributed by atoms with Crippen LogP contribution in [0.3, 0.4) is 0 Å². The summed E-state index contributed by atoms with van der Waals surface area (Å²) in [5.41, 5.74) is 0.856. The van der Waals surface area contributed by atoms with E-state index in [-0.39, 0.29) is 5.78 Å². The van der Waals surface area contributed by atoms with Crippen molar-refractivity contribution in [3.05, 3.63) is 39.9 Å². The van der Waals surface area contributed by atoms with Crippen LogP contribution in [-0.4, -0.2) is 5.78 Å². The number of benzene rings is 1. The summed E-state index contributed by atoms with van der Waals surface area (Å²) in [5, 5.41) is 1.16. The summed E-state index contributed by atoms with van der Waals surface area (Å²) in [6, 6.07) is 5.25. The maximum atomic E-state index is 11.6. The Morgan fingerprint density at radius 1 is 1.11 bits per heavy atom. The predicted octanol–water partition coefficient (Wildman–Crippen LogP) is 5.55. The van der Waals surface area contributed by atoms with Crippen LogP contribution in [0.25, 0.3) is 6.08 Å². The number of ketones is 1. The molecule has 0 aromatic heterocycles. The second kappa shape index (κ2) is 8.34. The van der Waals surface area contributed by atoms with Crippen molar-refractivity contribution >= 4 is 35.1 Å². The van der Waals surface area contributed by atoms with Crippen molar-refractivity contribution in [3.63, 3.8) is 0 Å². The molecule has 0 bridgehead atoms. The zero-order valence-electron chi connectivity index (χ0n) is 10.6. The average Bonchev–Trinajstić information content (AvgIpc) is 2.31. The molecule has 0 heterocycles. The Kier molecular flexibility index (Phi) is 7.07. The minimum absolute atomic E-state index is 0.155. The molecule has 0 saturated heterocycles. The molecule has 1 aromatic carbocycles. The summed E-state index contributed by atoms with van der Waals surface area (Å²) in [7, 11) is 0. The smallest absolute Gasteiger partial charge is 0.155 e. The van der Waals surface area contributed by atoms with Crippen molar-refractivity contribution < 1.29 is 4.79 Å². The van der Waals surface area contributed by atoms with Gasteiger partial charge in [-0.15, -0.1) is 0 Å². The van der Waals surface area contributed by atoms with Crippen molar-refractivity contribution in [1.82, 2.24) is 0 Å². The zero-order chi connectivity index (χ0) is 13.4. The quantitative estimate of drug-likeness (QED) is 0.474. The molecule has 0 atom stereocenters. The Bertz CT molecular complexity index is 404. The maximum absolute atomic E-state index is 11.6. The molecule has 1 nitrogen and oxygen atoms in total. The predicted molar refractivity (Wildman–Crippen MR) is 79.3 cm³/mol. The van der Waals surface area contributed by atoms with Crippen molar-refractivity contribution in [2.24, 2.45) is 0 Å². The van der Waals surface area contributed by atoms with Crippen LogP contribution in [0.5, 0.6) is 0 Å². The van der Waals surface area contributed by atoms with E-state index in [9.17, 15) is 4.79 Å². The molecule has 0 unspecified atom stereocenters. The first-order valence-corrected chi connectivity index (χ1v) is 7.04. The molecule has 0 spiro atoms. The second-order valence-electron chi connectivity index (χ2n) is 4.31. The standard InChI is InChI=1S/C15H18Cl2O/c1-2-3-4-5-6-15(18)8-7-12-9-13(16)11-14(17)10-12/h7-11H,2-6H2,1H3/b8-7-. The van der Waals surface area contributed by atoms with E-state index in [1.54, 1.807) is 30.4 Å². The van der Waals surface area contributed by atoms with E-state index in [4.69, 9.17) is 23.2 Å². The first-order valence-electron chi connectivity index (χ1n) is 6.29. The number of hydrogen-bond donors (Lipinski definition) is 0. The van der Waals surface area contributed by atoms with E-state index in [1.165, 1.54) is 12.8 Å². The fourth-order valence-electron chi connectivity index (χ4n) is 1.67. The van der Waals surface area contributed by atoms with Gasteiger partial charge in [-0.1, -0.05) is 55.5 Å². The van der Waals surface area contributed by atoms with Crippen molar-refractivity contribution in [1.29, 1.82) is 0 Å². The molecular formula is C15H18Cl2O. The van der Waals surface area contributed by atoms with E-state index in [1.807, 2.05) is 0 Å². The third-order valence-corrected chi connectivity index (χ3v) is 3.06. The highest BCUT2D eigenvalue weighted by Crippen LogP contribution is 2.20. The number of rotatable bonds is 7. The Morgan fingerprint density at radius 2 is 1.78 bits per heavy atom. The molecule has 0 fully saturated rings. The fraction of sp³-hybridized carbons (Fsp3) is 0.400. The Hall–Kier alpha value is -0.790. The largest absolute Gasteiger partial charge is 0.295 e. The monoisotopic (exact) mass is 284 g/mol. The molecule has 1 rings (SSSR count). The molecule has 0 saturated carbocycles. The van der Waals surface area contributed by atoms with Crippen LogP contribution in [0.15, 0.2) is 24.3 Å². The molecule has 0 aliphatic carbocycles. The molecule has 98 valence electrons. The van der Waals surface area contributed by atoms with Crippen LogP contribution in [-0.2, 0) is 4.79 Å². The van der Waals surface area contributed by atoms with Crippen LogP contribution in [0.2, 0.25) is 10.0 Å². The Labute approximate surface area is 119 Å². The minimum Gasteiger partial charge on any atom is -0.295 e. The lowest BCUT2D eigenvalue weighted by Crippen LogP contribution is -1.92. The number of unbranched alkanes of at least 4 members (excludes halogenated alkanes) is 3. The topological polar surface area (TPSA) is 17.1 Å².